The molecule has 0 radical (unpaired) electrons. The zero-order chi connectivity index (χ0) is 21.0. The van der Waals surface area contributed by atoms with E-state index in [0.29, 0.717) is 18.0 Å². The lowest BCUT2D eigenvalue weighted by Gasteiger charge is -2.07. The summed E-state index contributed by atoms with van der Waals surface area (Å²) in [5, 5.41) is 2.98. The number of carbonyl (C=O) groups excluding carboxylic acids is 1. The lowest BCUT2D eigenvalue weighted by atomic mass is 10.0. The van der Waals surface area contributed by atoms with Gasteiger partial charge in [0.15, 0.2) is 5.58 Å². The summed E-state index contributed by atoms with van der Waals surface area (Å²) >= 11 is 0. The second kappa shape index (κ2) is 8.28. The van der Waals surface area contributed by atoms with E-state index in [9.17, 15) is 4.79 Å². The summed E-state index contributed by atoms with van der Waals surface area (Å²) in [6.07, 6.45) is 0. The minimum atomic E-state index is -0.0948. The van der Waals surface area contributed by atoms with Crippen molar-refractivity contribution in [1.29, 1.82) is 0 Å². The quantitative estimate of drug-likeness (QED) is 0.385. The van der Waals surface area contributed by atoms with E-state index in [1.165, 1.54) is 0 Å². The van der Waals surface area contributed by atoms with Gasteiger partial charge in [0.25, 0.3) is 5.91 Å². The molecular formula is C27H20N2O2. The Labute approximate surface area is 180 Å². The average Bonchev–Trinajstić information content (AvgIpc) is 3.28. The van der Waals surface area contributed by atoms with E-state index in [2.05, 4.69) is 22.4 Å². The van der Waals surface area contributed by atoms with E-state index in [-0.39, 0.29) is 5.91 Å². The summed E-state index contributed by atoms with van der Waals surface area (Å²) in [4.78, 5) is 17.0. The Hall–Kier alpha value is -4.18. The van der Waals surface area contributed by atoms with Crippen LogP contribution in [0, 0.1) is 0 Å². The van der Waals surface area contributed by atoms with Crippen molar-refractivity contribution in [3.8, 4) is 22.6 Å². The van der Waals surface area contributed by atoms with Gasteiger partial charge in [-0.25, -0.2) is 4.98 Å². The van der Waals surface area contributed by atoms with E-state index >= 15 is 0 Å². The van der Waals surface area contributed by atoms with Crippen molar-refractivity contribution in [3.05, 3.63) is 114 Å². The van der Waals surface area contributed by atoms with Gasteiger partial charge < -0.3 is 9.73 Å². The maximum atomic E-state index is 12.5. The first-order valence-electron chi connectivity index (χ1n) is 10.1. The number of aromatic nitrogens is 1. The van der Waals surface area contributed by atoms with Crippen LogP contribution in [-0.4, -0.2) is 10.9 Å². The number of para-hydroxylation sites is 2. The summed E-state index contributed by atoms with van der Waals surface area (Å²) in [5.74, 6) is 0.498. The Morgan fingerprint density at radius 1 is 0.710 bits per heavy atom. The van der Waals surface area contributed by atoms with Crippen LogP contribution in [0.3, 0.4) is 0 Å². The summed E-state index contributed by atoms with van der Waals surface area (Å²) in [6.45, 7) is 0.451. The van der Waals surface area contributed by atoms with Crippen LogP contribution in [0.25, 0.3) is 33.7 Å². The number of nitrogens with one attached hydrogen (secondary N) is 1. The van der Waals surface area contributed by atoms with Crippen LogP contribution in [0.1, 0.15) is 15.9 Å². The van der Waals surface area contributed by atoms with Crippen LogP contribution < -0.4 is 5.32 Å². The van der Waals surface area contributed by atoms with Crippen LogP contribution in [0.5, 0.6) is 0 Å². The molecule has 150 valence electrons. The van der Waals surface area contributed by atoms with E-state index in [1.54, 1.807) is 0 Å². The molecule has 0 saturated carbocycles. The zero-order valence-corrected chi connectivity index (χ0v) is 16.8. The molecule has 0 aliphatic heterocycles. The number of amides is 1. The van der Waals surface area contributed by atoms with Crippen LogP contribution in [0.2, 0.25) is 0 Å². The van der Waals surface area contributed by atoms with Crippen LogP contribution >= 0.6 is 0 Å². The van der Waals surface area contributed by atoms with Crippen LogP contribution in [-0.2, 0) is 6.54 Å². The number of nitrogens with zero attached hydrogens (tertiary/aromatic N) is 1. The van der Waals surface area contributed by atoms with Gasteiger partial charge in [-0.1, -0.05) is 66.7 Å². The van der Waals surface area contributed by atoms with Crippen LogP contribution in [0.15, 0.2) is 108 Å². The first-order valence-corrected chi connectivity index (χ1v) is 10.1. The number of oxazole rings is 1. The molecular weight excluding hydrogens is 384 g/mol. The minimum absolute atomic E-state index is 0.0948. The molecule has 0 saturated heterocycles. The normalized spacial score (nSPS) is 10.8. The van der Waals surface area contributed by atoms with Crippen molar-refractivity contribution in [3.63, 3.8) is 0 Å². The molecule has 0 aliphatic rings. The van der Waals surface area contributed by atoms with E-state index in [0.717, 1.165) is 33.4 Å². The number of carbonyl (C=O) groups is 1. The maximum Gasteiger partial charge on any atom is 0.251 e. The Bertz CT molecular complexity index is 1290. The third-order valence-corrected chi connectivity index (χ3v) is 5.20. The summed E-state index contributed by atoms with van der Waals surface area (Å²) in [7, 11) is 0. The molecule has 0 unspecified atom stereocenters. The number of fused-ring (bicyclic) bond motifs is 1. The highest BCUT2D eigenvalue weighted by molar-refractivity contribution is 5.94. The summed E-state index contributed by atoms with van der Waals surface area (Å²) in [5.41, 5.74) is 6.39. The largest absolute Gasteiger partial charge is 0.436 e. The van der Waals surface area contributed by atoms with Crippen molar-refractivity contribution in [2.75, 3.05) is 0 Å². The van der Waals surface area contributed by atoms with Crippen molar-refractivity contribution in [1.82, 2.24) is 10.3 Å². The zero-order valence-electron chi connectivity index (χ0n) is 16.8. The number of rotatable bonds is 5. The molecule has 0 aliphatic carbocycles. The molecule has 0 fully saturated rings. The van der Waals surface area contributed by atoms with E-state index < -0.39 is 0 Å². The molecule has 4 heteroatoms. The van der Waals surface area contributed by atoms with Crippen molar-refractivity contribution < 1.29 is 9.21 Å². The highest BCUT2D eigenvalue weighted by Crippen LogP contribution is 2.24. The fraction of sp³-hybridized carbons (Fsp3) is 0.0370. The molecule has 5 rings (SSSR count). The highest BCUT2D eigenvalue weighted by atomic mass is 16.3. The van der Waals surface area contributed by atoms with E-state index in [1.807, 2.05) is 91.0 Å². The lowest BCUT2D eigenvalue weighted by molar-refractivity contribution is 0.0951. The minimum Gasteiger partial charge on any atom is -0.436 e. The van der Waals surface area contributed by atoms with Crippen molar-refractivity contribution in [2.45, 2.75) is 6.54 Å². The summed E-state index contributed by atoms with van der Waals surface area (Å²) < 4.78 is 5.81. The fourth-order valence-electron chi connectivity index (χ4n) is 3.49. The molecule has 4 nitrogen and oxygen atoms in total. The maximum absolute atomic E-state index is 12.5. The number of hydrogen-bond acceptors (Lipinski definition) is 3. The number of hydrogen-bond donors (Lipinski definition) is 1. The second-order valence-corrected chi connectivity index (χ2v) is 7.31. The first-order chi connectivity index (χ1) is 15.3. The van der Waals surface area contributed by atoms with Gasteiger partial charge in [0.2, 0.25) is 5.89 Å². The highest BCUT2D eigenvalue weighted by Gasteiger charge is 2.09. The first kappa shape index (κ1) is 18.8. The van der Waals surface area contributed by atoms with E-state index in [4.69, 9.17) is 4.42 Å². The molecule has 1 heterocycles. The van der Waals surface area contributed by atoms with Crippen molar-refractivity contribution >= 4 is 17.0 Å². The molecule has 5 aromatic rings. The molecule has 1 aromatic heterocycles. The Morgan fingerprint density at radius 3 is 2.10 bits per heavy atom. The van der Waals surface area contributed by atoms with Gasteiger partial charge in [-0.2, -0.15) is 0 Å². The molecule has 0 bridgehead atoms. The average molecular weight is 404 g/mol. The van der Waals surface area contributed by atoms with Crippen LogP contribution in [0.4, 0.5) is 0 Å². The third-order valence-electron chi connectivity index (χ3n) is 5.20. The van der Waals surface area contributed by atoms with Gasteiger partial charge in [-0.15, -0.1) is 0 Å². The monoisotopic (exact) mass is 404 g/mol. The smallest absolute Gasteiger partial charge is 0.251 e. The third kappa shape index (κ3) is 4.09. The van der Waals surface area contributed by atoms with Crippen molar-refractivity contribution in [2.24, 2.45) is 0 Å². The van der Waals surface area contributed by atoms with Gasteiger partial charge in [-0.3, -0.25) is 4.79 Å². The Kier molecular flexibility index (Phi) is 5.03. The van der Waals surface area contributed by atoms with Gasteiger partial charge in [-0.05, 0) is 53.1 Å². The summed E-state index contributed by atoms with van der Waals surface area (Å²) in [6, 6.07) is 33.3. The molecule has 31 heavy (non-hydrogen) atoms. The molecule has 0 spiro atoms. The fourth-order valence-corrected chi connectivity index (χ4v) is 3.49. The number of benzene rings is 4. The van der Waals surface area contributed by atoms with Gasteiger partial charge in [0.05, 0.1) is 0 Å². The lowest BCUT2D eigenvalue weighted by Crippen LogP contribution is -2.22. The molecule has 4 aromatic carbocycles. The topological polar surface area (TPSA) is 55.1 Å². The Balaban J connectivity index is 1.23. The molecule has 0 atom stereocenters. The molecule has 1 N–H and O–H groups in total. The molecule has 1 amide bonds. The Morgan fingerprint density at radius 2 is 1.35 bits per heavy atom. The van der Waals surface area contributed by atoms with Gasteiger partial charge in [0, 0.05) is 17.7 Å². The predicted octanol–water partition coefficient (Wildman–Crippen LogP) is 6.09. The van der Waals surface area contributed by atoms with Gasteiger partial charge in [0.1, 0.15) is 5.52 Å². The predicted molar refractivity (Wildman–Crippen MR) is 122 cm³/mol. The SMILES string of the molecule is O=C(NCc1ccc(-c2nc3ccccc3o2)cc1)c1ccc(-c2ccccc2)cc1. The van der Waals surface area contributed by atoms with Gasteiger partial charge >= 0.3 is 0 Å². The second-order valence-electron chi connectivity index (χ2n) is 7.31. The standard InChI is InChI=1S/C27H20N2O2/c30-26(22-16-14-21(15-17-22)20-6-2-1-3-7-20)28-18-19-10-12-23(13-11-19)27-29-24-8-4-5-9-25(24)31-27/h1-17H,18H2,(H,28,30).